The molecule has 0 saturated carbocycles. The predicted molar refractivity (Wildman–Crippen MR) is 137 cm³/mol. The van der Waals surface area contributed by atoms with Gasteiger partial charge in [-0.2, -0.15) is 0 Å². The number of benzene rings is 3. The maximum atomic E-state index is 5.95. The largest absolute Gasteiger partial charge is 0.250 e. The van der Waals surface area contributed by atoms with Gasteiger partial charge in [0.25, 0.3) is 0 Å². The van der Waals surface area contributed by atoms with Gasteiger partial charge in [0.05, 0.1) is 0 Å². The molecule has 0 unspecified atom stereocenters. The zero-order valence-corrected chi connectivity index (χ0v) is 20.7. The van der Waals surface area contributed by atoms with Gasteiger partial charge in [0.15, 0.2) is 17.5 Å². The van der Waals surface area contributed by atoms with Crippen LogP contribution >= 0.6 is 69.6 Å². The number of nitrogens with zero attached hydrogens (tertiary/aromatic N) is 3. The van der Waals surface area contributed by atoms with E-state index in [-0.39, 0.29) is 17.5 Å². The molecule has 0 aliphatic rings. The van der Waals surface area contributed by atoms with E-state index in [1.165, 1.54) is 10.8 Å². The molecule has 0 radical (unpaired) electrons. The Morgan fingerprint density at radius 1 is 0.594 bits per heavy atom. The van der Waals surface area contributed by atoms with Crippen molar-refractivity contribution in [2.24, 2.45) is 0 Å². The molecule has 32 heavy (non-hydrogen) atoms. The van der Waals surface area contributed by atoms with E-state index >= 15 is 0 Å². The van der Waals surface area contributed by atoms with E-state index in [4.69, 9.17) is 69.6 Å². The van der Waals surface area contributed by atoms with Crippen LogP contribution in [0.15, 0.2) is 66.7 Å². The van der Waals surface area contributed by atoms with Gasteiger partial charge >= 0.3 is 0 Å². The number of fused-ring (bicyclic) bond motifs is 1. The molecule has 0 aliphatic carbocycles. The van der Waals surface area contributed by atoms with Gasteiger partial charge in [-0.25, -0.2) is 15.0 Å². The molecule has 1 heterocycles. The summed E-state index contributed by atoms with van der Waals surface area (Å²) in [6, 6.07) is 22.0. The summed E-state index contributed by atoms with van der Waals surface area (Å²) < 4.78 is -3.80. The Kier molecular flexibility index (Phi) is 6.88. The zero-order valence-electron chi connectivity index (χ0n) is 16.1. The fraction of sp³-hybridized carbons (Fsp3) is 0.0870. The number of hydrogen-bond acceptors (Lipinski definition) is 3. The first-order valence-corrected chi connectivity index (χ1v) is 11.5. The summed E-state index contributed by atoms with van der Waals surface area (Å²) in [7, 11) is 0. The van der Waals surface area contributed by atoms with Crippen molar-refractivity contribution < 1.29 is 0 Å². The van der Waals surface area contributed by atoms with E-state index in [2.05, 4.69) is 45.3 Å². The van der Waals surface area contributed by atoms with Gasteiger partial charge in [0.1, 0.15) is 0 Å². The SMILES string of the molecule is ClC(Cl)(Cl)c1nc(-c2ccc(/C=C\c3cccc4ccccc34)cc2)nc(C(Cl)(Cl)Cl)n1. The smallest absolute Gasteiger partial charge is 0.209 e. The standard InChI is InChI=1S/C23H13Cl6N3/c24-22(25,26)20-30-19(31-21(32-20)23(27,28)29)17-12-9-14(10-13-17)8-11-16-6-3-5-15-4-1-2-7-18(15)16/h1-13H/b11-8-. The highest BCUT2D eigenvalue weighted by atomic mass is 35.6. The molecule has 0 spiro atoms. The summed E-state index contributed by atoms with van der Waals surface area (Å²) in [6.45, 7) is 0. The molecule has 0 atom stereocenters. The van der Waals surface area contributed by atoms with Crippen molar-refractivity contribution in [1.29, 1.82) is 0 Å². The second-order valence-electron chi connectivity index (χ2n) is 6.83. The summed E-state index contributed by atoms with van der Waals surface area (Å²) in [4.78, 5) is 12.4. The van der Waals surface area contributed by atoms with Crippen LogP contribution in [0.25, 0.3) is 34.3 Å². The highest BCUT2D eigenvalue weighted by Gasteiger charge is 2.34. The minimum Gasteiger partial charge on any atom is -0.209 e. The second kappa shape index (κ2) is 9.34. The molecule has 3 aromatic carbocycles. The van der Waals surface area contributed by atoms with E-state index in [0.717, 1.165) is 11.1 Å². The van der Waals surface area contributed by atoms with Gasteiger partial charge in [-0.1, -0.05) is 148 Å². The molecule has 0 aliphatic heterocycles. The molecule has 162 valence electrons. The van der Waals surface area contributed by atoms with Crippen molar-refractivity contribution in [1.82, 2.24) is 15.0 Å². The first kappa shape index (κ1) is 23.6. The van der Waals surface area contributed by atoms with Gasteiger partial charge in [0, 0.05) is 5.56 Å². The monoisotopic (exact) mass is 541 g/mol. The third kappa shape index (κ3) is 5.48. The molecule has 0 saturated heterocycles. The van der Waals surface area contributed by atoms with Crippen LogP contribution in [0.5, 0.6) is 0 Å². The number of aromatic nitrogens is 3. The van der Waals surface area contributed by atoms with Gasteiger partial charge in [-0.15, -0.1) is 0 Å². The van der Waals surface area contributed by atoms with Crippen LogP contribution in [0.1, 0.15) is 22.8 Å². The molecule has 4 rings (SSSR count). The minimum atomic E-state index is -1.90. The summed E-state index contributed by atoms with van der Waals surface area (Å²) >= 11 is 35.7. The normalized spacial score (nSPS) is 12.6. The first-order valence-electron chi connectivity index (χ1n) is 9.28. The van der Waals surface area contributed by atoms with Crippen molar-refractivity contribution in [3.05, 3.63) is 89.5 Å². The highest BCUT2D eigenvalue weighted by Crippen LogP contribution is 2.40. The second-order valence-corrected chi connectivity index (χ2v) is 11.4. The third-order valence-electron chi connectivity index (χ3n) is 4.59. The molecule has 9 heteroatoms. The Morgan fingerprint density at radius 3 is 1.81 bits per heavy atom. The highest BCUT2D eigenvalue weighted by molar-refractivity contribution is 6.67. The molecular formula is C23H13Cl6N3. The summed E-state index contributed by atoms with van der Waals surface area (Å²) in [6.07, 6.45) is 4.10. The van der Waals surface area contributed by atoms with E-state index in [1.807, 2.05) is 48.5 Å². The molecule has 1 aromatic heterocycles. The molecular weight excluding hydrogens is 531 g/mol. The number of hydrogen-bond donors (Lipinski definition) is 0. The van der Waals surface area contributed by atoms with Gasteiger partial charge in [0.2, 0.25) is 7.59 Å². The van der Waals surface area contributed by atoms with E-state index < -0.39 is 7.59 Å². The maximum Gasteiger partial charge on any atom is 0.250 e. The Morgan fingerprint density at radius 2 is 1.19 bits per heavy atom. The molecule has 3 nitrogen and oxygen atoms in total. The lowest BCUT2D eigenvalue weighted by molar-refractivity contribution is 0.851. The van der Waals surface area contributed by atoms with Crippen molar-refractivity contribution >= 4 is 92.5 Å². The Balaban J connectivity index is 1.66. The average Bonchev–Trinajstić information content (AvgIpc) is 2.76. The molecule has 0 N–H and O–H groups in total. The number of alkyl halides is 6. The van der Waals surface area contributed by atoms with Crippen LogP contribution in [0.3, 0.4) is 0 Å². The molecule has 0 amide bonds. The first-order chi connectivity index (χ1) is 15.1. The van der Waals surface area contributed by atoms with Crippen molar-refractivity contribution in [3.63, 3.8) is 0 Å². The van der Waals surface area contributed by atoms with Crippen LogP contribution in [0.2, 0.25) is 0 Å². The summed E-state index contributed by atoms with van der Waals surface area (Å²) in [5, 5.41) is 2.38. The van der Waals surface area contributed by atoms with Crippen LogP contribution in [0, 0.1) is 0 Å². The van der Waals surface area contributed by atoms with E-state index in [0.29, 0.717) is 5.56 Å². The predicted octanol–water partition coefficient (Wildman–Crippen LogP) is 8.52. The van der Waals surface area contributed by atoms with E-state index in [1.54, 1.807) is 0 Å². The van der Waals surface area contributed by atoms with Gasteiger partial charge in [-0.05, 0) is 21.9 Å². The lowest BCUT2D eigenvalue weighted by atomic mass is 10.0. The van der Waals surface area contributed by atoms with Gasteiger partial charge in [-0.3, -0.25) is 0 Å². The fourth-order valence-electron chi connectivity index (χ4n) is 3.08. The van der Waals surface area contributed by atoms with Crippen molar-refractivity contribution in [2.45, 2.75) is 7.59 Å². The molecule has 0 fully saturated rings. The van der Waals surface area contributed by atoms with Crippen molar-refractivity contribution in [2.75, 3.05) is 0 Å². The number of halogens is 6. The Labute approximate surface area is 214 Å². The van der Waals surface area contributed by atoms with Crippen LogP contribution in [0.4, 0.5) is 0 Å². The van der Waals surface area contributed by atoms with Crippen LogP contribution < -0.4 is 0 Å². The number of rotatable bonds is 3. The topological polar surface area (TPSA) is 38.7 Å². The summed E-state index contributed by atoms with van der Waals surface area (Å²) in [5.74, 6) is -0.0326. The van der Waals surface area contributed by atoms with Gasteiger partial charge < -0.3 is 0 Å². The van der Waals surface area contributed by atoms with Crippen LogP contribution in [-0.4, -0.2) is 15.0 Å². The summed E-state index contributed by atoms with van der Waals surface area (Å²) in [5.41, 5.74) is 2.77. The third-order valence-corrected chi connectivity index (χ3v) is 5.60. The lowest BCUT2D eigenvalue weighted by Crippen LogP contribution is -2.16. The molecule has 4 aromatic rings. The zero-order chi connectivity index (χ0) is 22.9. The average molecular weight is 544 g/mol. The maximum absolute atomic E-state index is 5.95. The quantitative estimate of drug-likeness (QED) is 0.192. The van der Waals surface area contributed by atoms with Crippen molar-refractivity contribution in [3.8, 4) is 11.4 Å². The Bertz CT molecular complexity index is 1250. The fourth-order valence-corrected chi connectivity index (χ4v) is 3.59. The lowest BCUT2D eigenvalue weighted by Gasteiger charge is -2.15. The Hall–Kier alpha value is -1.59. The van der Waals surface area contributed by atoms with E-state index in [9.17, 15) is 0 Å². The molecule has 0 bridgehead atoms. The minimum absolute atomic E-state index is 0.131. The van der Waals surface area contributed by atoms with Crippen LogP contribution in [-0.2, 0) is 7.59 Å².